The summed E-state index contributed by atoms with van der Waals surface area (Å²) in [4.78, 5) is 0. The summed E-state index contributed by atoms with van der Waals surface area (Å²) >= 11 is 0. The van der Waals surface area contributed by atoms with E-state index in [1.54, 1.807) is 6.20 Å². The van der Waals surface area contributed by atoms with Gasteiger partial charge >= 0.3 is 0 Å². The number of aromatic nitrogens is 2. The number of aromatic amines is 1. The zero-order valence-electron chi connectivity index (χ0n) is 8.22. The molecular formula is C8H13N3O3S. The lowest BCUT2D eigenvalue weighted by atomic mass is 10.4. The van der Waals surface area contributed by atoms with Crippen LogP contribution >= 0.6 is 0 Å². The first-order valence-corrected chi connectivity index (χ1v) is 6.32. The molecule has 0 atom stereocenters. The molecule has 1 aromatic heterocycles. The van der Waals surface area contributed by atoms with Crippen molar-refractivity contribution in [3.05, 3.63) is 18.0 Å². The van der Waals surface area contributed by atoms with Gasteiger partial charge in [-0.05, 0) is 0 Å². The molecule has 2 heterocycles. The quantitative estimate of drug-likeness (QED) is 0.766. The molecule has 1 saturated heterocycles. The largest absolute Gasteiger partial charge is 0.379 e. The van der Waals surface area contributed by atoms with E-state index in [-0.39, 0.29) is 5.75 Å². The van der Waals surface area contributed by atoms with Crippen LogP contribution in [0.15, 0.2) is 12.4 Å². The molecule has 1 aliphatic rings. The van der Waals surface area contributed by atoms with Gasteiger partial charge in [0.2, 0.25) is 10.0 Å². The highest BCUT2D eigenvalue weighted by molar-refractivity contribution is 7.88. The average molecular weight is 231 g/mol. The van der Waals surface area contributed by atoms with Crippen molar-refractivity contribution in [1.29, 1.82) is 0 Å². The van der Waals surface area contributed by atoms with Gasteiger partial charge < -0.3 is 4.74 Å². The van der Waals surface area contributed by atoms with Gasteiger partial charge in [-0.15, -0.1) is 0 Å². The second-order valence-electron chi connectivity index (χ2n) is 3.37. The average Bonchev–Trinajstić information content (AvgIpc) is 2.71. The molecule has 7 heteroatoms. The Morgan fingerprint density at radius 1 is 1.47 bits per heavy atom. The van der Waals surface area contributed by atoms with Crippen LogP contribution in [0, 0.1) is 0 Å². The van der Waals surface area contributed by atoms with E-state index in [2.05, 4.69) is 10.2 Å². The van der Waals surface area contributed by atoms with E-state index in [0.717, 1.165) is 0 Å². The van der Waals surface area contributed by atoms with E-state index in [9.17, 15) is 8.42 Å². The molecule has 2 rings (SSSR count). The molecule has 1 aromatic rings. The van der Waals surface area contributed by atoms with Crippen LogP contribution in [0.4, 0.5) is 0 Å². The number of sulfonamides is 1. The highest BCUT2D eigenvalue weighted by Crippen LogP contribution is 2.11. The highest BCUT2D eigenvalue weighted by Gasteiger charge is 2.24. The maximum absolute atomic E-state index is 11.9. The Bertz CT molecular complexity index is 395. The zero-order chi connectivity index (χ0) is 10.7. The topological polar surface area (TPSA) is 75.3 Å². The molecule has 0 bridgehead atoms. The normalized spacial score (nSPS) is 19.2. The van der Waals surface area contributed by atoms with Crippen molar-refractivity contribution in [3.63, 3.8) is 0 Å². The first-order chi connectivity index (χ1) is 7.18. The summed E-state index contributed by atoms with van der Waals surface area (Å²) in [6, 6.07) is 0. The maximum atomic E-state index is 11.9. The van der Waals surface area contributed by atoms with Gasteiger partial charge in [-0.1, -0.05) is 0 Å². The smallest absolute Gasteiger partial charge is 0.218 e. The fraction of sp³-hybridized carbons (Fsp3) is 0.625. The molecule has 1 N–H and O–H groups in total. The molecule has 0 aliphatic carbocycles. The Balaban J connectivity index is 2.05. The molecule has 0 aromatic carbocycles. The molecule has 0 radical (unpaired) electrons. The molecule has 15 heavy (non-hydrogen) atoms. The third kappa shape index (κ3) is 2.55. The monoisotopic (exact) mass is 231 g/mol. The van der Waals surface area contributed by atoms with Crippen LogP contribution < -0.4 is 0 Å². The van der Waals surface area contributed by atoms with E-state index in [0.29, 0.717) is 31.9 Å². The van der Waals surface area contributed by atoms with Crippen LogP contribution in [0.3, 0.4) is 0 Å². The Hall–Kier alpha value is -0.920. The summed E-state index contributed by atoms with van der Waals surface area (Å²) in [5.74, 6) is 0.00347. The summed E-state index contributed by atoms with van der Waals surface area (Å²) in [5.41, 5.74) is 0.682. The van der Waals surface area contributed by atoms with Crippen molar-refractivity contribution < 1.29 is 13.2 Å². The van der Waals surface area contributed by atoms with E-state index in [4.69, 9.17) is 4.74 Å². The summed E-state index contributed by atoms with van der Waals surface area (Å²) in [6.45, 7) is 1.84. The van der Waals surface area contributed by atoms with E-state index >= 15 is 0 Å². The van der Waals surface area contributed by atoms with Crippen molar-refractivity contribution in [3.8, 4) is 0 Å². The van der Waals surface area contributed by atoms with Crippen molar-refractivity contribution >= 4 is 10.0 Å². The zero-order valence-corrected chi connectivity index (χ0v) is 9.03. The summed E-state index contributed by atoms with van der Waals surface area (Å²) in [5, 5.41) is 6.32. The summed E-state index contributed by atoms with van der Waals surface area (Å²) < 4.78 is 30.3. The lowest BCUT2D eigenvalue weighted by Crippen LogP contribution is -2.41. The lowest BCUT2D eigenvalue weighted by Gasteiger charge is -2.25. The molecule has 0 unspecified atom stereocenters. The fourth-order valence-electron chi connectivity index (χ4n) is 1.48. The van der Waals surface area contributed by atoms with Gasteiger partial charge in [0, 0.05) is 24.8 Å². The van der Waals surface area contributed by atoms with E-state index < -0.39 is 10.0 Å². The van der Waals surface area contributed by atoms with Gasteiger partial charge in [-0.3, -0.25) is 5.10 Å². The molecule has 84 valence electrons. The third-order valence-corrected chi connectivity index (χ3v) is 4.12. The minimum atomic E-state index is -3.21. The molecule has 0 saturated carbocycles. The molecule has 0 amide bonds. The summed E-state index contributed by atoms with van der Waals surface area (Å²) in [6.07, 6.45) is 3.12. The minimum absolute atomic E-state index is 0.00347. The van der Waals surface area contributed by atoms with Crippen molar-refractivity contribution in [2.75, 3.05) is 26.3 Å². The molecular weight excluding hydrogens is 218 g/mol. The number of H-pyrrole nitrogens is 1. The highest BCUT2D eigenvalue weighted by atomic mass is 32.2. The van der Waals surface area contributed by atoms with Crippen LogP contribution in [-0.2, 0) is 20.5 Å². The standard InChI is InChI=1S/C8H13N3O3S/c12-15(13,7-8-5-9-10-6-8)11-1-3-14-4-2-11/h5-6H,1-4,7H2,(H,9,10). The third-order valence-electron chi connectivity index (χ3n) is 2.27. The first-order valence-electron chi connectivity index (χ1n) is 4.72. The Labute approximate surface area is 88.3 Å². The van der Waals surface area contributed by atoms with Gasteiger partial charge in [0.15, 0.2) is 0 Å². The number of hydrogen-bond acceptors (Lipinski definition) is 4. The van der Waals surface area contributed by atoms with Crippen LogP contribution in [-0.4, -0.2) is 49.2 Å². The summed E-state index contributed by atoms with van der Waals surface area (Å²) in [7, 11) is -3.21. The number of nitrogens with one attached hydrogen (secondary N) is 1. The SMILES string of the molecule is O=S(=O)(Cc1cn[nH]c1)N1CCOCC1. The Morgan fingerprint density at radius 3 is 2.80 bits per heavy atom. The van der Waals surface area contributed by atoms with E-state index in [1.165, 1.54) is 10.5 Å². The van der Waals surface area contributed by atoms with Crippen LogP contribution in [0.1, 0.15) is 5.56 Å². The number of morpholine rings is 1. The predicted molar refractivity (Wildman–Crippen MR) is 53.6 cm³/mol. The Morgan fingerprint density at radius 2 is 2.20 bits per heavy atom. The number of ether oxygens (including phenoxy) is 1. The Kier molecular flexibility index (Phi) is 3.03. The van der Waals surface area contributed by atoms with Crippen molar-refractivity contribution in [1.82, 2.24) is 14.5 Å². The van der Waals surface area contributed by atoms with Crippen LogP contribution in [0.25, 0.3) is 0 Å². The molecule has 0 spiro atoms. The van der Waals surface area contributed by atoms with Crippen molar-refractivity contribution in [2.24, 2.45) is 0 Å². The van der Waals surface area contributed by atoms with Gasteiger partial charge in [0.25, 0.3) is 0 Å². The van der Waals surface area contributed by atoms with Crippen molar-refractivity contribution in [2.45, 2.75) is 5.75 Å². The molecule has 6 nitrogen and oxygen atoms in total. The second-order valence-corrected chi connectivity index (χ2v) is 5.34. The maximum Gasteiger partial charge on any atom is 0.218 e. The minimum Gasteiger partial charge on any atom is -0.379 e. The number of hydrogen-bond donors (Lipinski definition) is 1. The van der Waals surface area contributed by atoms with Crippen LogP contribution in [0.2, 0.25) is 0 Å². The van der Waals surface area contributed by atoms with Gasteiger partial charge in [-0.25, -0.2) is 8.42 Å². The molecule has 1 fully saturated rings. The van der Waals surface area contributed by atoms with Gasteiger partial charge in [-0.2, -0.15) is 9.40 Å². The molecule has 1 aliphatic heterocycles. The van der Waals surface area contributed by atoms with E-state index in [1.807, 2.05) is 0 Å². The second kappa shape index (κ2) is 4.30. The lowest BCUT2D eigenvalue weighted by molar-refractivity contribution is 0.0729. The first kappa shape index (κ1) is 10.6. The predicted octanol–water partition coefficient (Wildman–Crippen LogP) is -0.428. The number of nitrogens with zero attached hydrogens (tertiary/aromatic N) is 2. The van der Waals surface area contributed by atoms with Gasteiger partial charge in [0.1, 0.15) is 0 Å². The van der Waals surface area contributed by atoms with Crippen LogP contribution in [0.5, 0.6) is 0 Å². The number of rotatable bonds is 3. The van der Waals surface area contributed by atoms with Gasteiger partial charge in [0.05, 0.1) is 25.2 Å². The fourth-order valence-corrected chi connectivity index (χ4v) is 2.95.